The average Bonchev–Trinajstić information content (AvgIpc) is 2.26. The first kappa shape index (κ1) is 15.9. The molecule has 1 aliphatic heterocycles. The van der Waals surface area contributed by atoms with E-state index < -0.39 is 0 Å². The quantitative estimate of drug-likeness (QED) is 0.821. The van der Waals surface area contributed by atoms with Crippen LogP contribution in [0.1, 0.15) is 53.9 Å². The van der Waals surface area contributed by atoms with Crippen LogP contribution in [-0.4, -0.2) is 37.5 Å². The highest BCUT2D eigenvalue weighted by Crippen LogP contribution is 2.28. The van der Waals surface area contributed by atoms with E-state index in [2.05, 4.69) is 39.9 Å². The van der Waals surface area contributed by atoms with E-state index >= 15 is 0 Å². The summed E-state index contributed by atoms with van der Waals surface area (Å²) in [7, 11) is 1.78. The summed E-state index contributed by atoms with van der Waals surface area (Å²) in [4.78, 5) is 0. The summed E-state index contributed by atoms with van der Waals surface area (Å²) in [5, 5.41) is 3.60. The predicted molar refractivity (Wildman–Crippen MR) is 75.9 cm³/mol. The lowest BCUT2D eigenvalue weighted by atomic mass is 9.86. The number of hydrogen-bond donors (Lipinski definition) is 1. The third-order valence-corrected chi connectivity index (χ3v) is 3.72. The van der Waals surface area contributed by atoms with Gasteiger partial charge in [0.1, 0.15) is 0 Å². The highest BCUT2D eigenvalue weighted by molar-refractivity contribution is 4.84. The maximum absolute atomic E-state index is 5.97. The van der Waals surface area contributed by atoms with Crippen molar-refractivity contribution in [2.75, 3.05) is 20.3 Å². The molecule has 0 saturated carbocycles. The maximum Gasteiger partial charge on any atom is 0.0647 e. The van der Waals surface area contributed by atoms with Crippen molar-refractivity contribution in [3.63, 3.8) is 0 Å². The van der Waals surface area contributed by atoms with E-state index in [1.54, 1.807) is 7.11 Å². The van der Waals surface area contributed by atoms with E-state index in [1.807, 2.05) is 0 Å². The summed E-state index contributed by atoms with van der Waals surface area (Å²) in [5.41, 5.74) is 0.0841. The normalized spacial score (nSPS) is 26.3. The molecule has 2 unspecified atom stereocenters. The number of hydrogen-bond acceptors (Lipinski definition) is 3. The van der Waals surface area contributed by atoms with Crippen LogP contribution >= 0.6 is 0 Å². The van der Waals surface area contributed by atoms with Crippen molar-refractivity contribution in [3.05, 3.63) is 0 Å². The van der Waals surface area contributed by atoms with E-state index in [0.29, 0.717) is 12.0 Å². The number of ether oxygens (including phenoxy) is 2. The minimum Gasteiger partial charge on any atom is -0.379 e. The van der Waals surface area contributed by atoms with Crippen molar-refractivity contribution in [2.45, 2.75) is 71.1 Å². The lowest BCUT2D eigenvalue weighted by Crippen LogP contribution is -2.46. The number of rotatable bonds is 5. The van der Waals surface area contributed by atoms with Gasteiger partial charge >= 0.3 is 0 Å². The Labute approximate surface area is 113 Å². The Kier molecular flexibility index (Phi) is 5.63. The van der Waals surface area contributed by atoms with Gasteiger partial charge in [0.05, 0.1) is 11.7 Å². The molecule has 3 nitrogen and oxygen atoms in total. The van der Waals surface area contributed by atoms with Gasteiger partial charge < -0.3 is 14.8 Å². The molecular formula is C15H31NO2. The zero-order valence-electron chi connectivity index (χ0n) is 13.0. The molecule has 0 aromatic rings. The van der Waals surface area contributed by atoms with E-state index in [9.17, 15) is 0 Å². The first-order valence-corrected chi connectivity index (χ1v) is 7.15. The molecule has 2 atom stereocenters. The van der Waals surface area contributed by atoms with Crippen molar-refractivity contribution >= 4 is 0 Å². The van der Waals surface area contributed by atoms with Gasteiger partial charge in [-0.05, 0) is 53.4 Å². The van der Waals surface area contributed by atoms with Crippen LogP contribution < -0.4 is 5.32 Å². The molecule has 1 aliphatic rings. The maximum atomic E-state index is 5.97. The molecule has 0 aromatic heterocycles. The molecule has 0 amide bonds. The molecule has 0 aromatic carbocycles. The largest absolute Gasteiger partial charge is 0.379 e. The van der Waals surface area contributed by atoms with Gasteiger partial charge in [-0.2, -0.15) is 0 Å². The zero-order valence-corrected chi connectivity index (χ0v) is 13.0. The summed E-state index contributed by atoms with van der Waals surface area (Å²) >= 11 is 0. The Morgan fingerprint density at radius 1 is 1.22 bits per heavy atom. The molecule has 0 bridgehead atoms. The summed E-state index contributed by atoms with van der Waals surface area (Å²) < 4.78 is 11.5. The van der Waals surface area contributed by atoms with Crippen LogP contribution in [0.15, 0.2) is 0 Å². The Bertz CT molecular complexity index is 245. The molecule has 1 saturated heterocycles. The second kappa shape index (κ2) is 6.36. The fourth-order valence-electron chi connectivity index (χ4n) is 2.37. The summed E-state index contributed by atoms with van der Waals surface area (Å²) in [6.07, 6.45) is 3.73. The fourth-order valence-corrected chi connectivity index (χ4v) is 2.37. The van der Waals surface area contributed by atoms with Gasteiger partial charge in [0.2, 0.25) is 0 Å². The van der Waals surface area contributed by atoms with Crippen LogP contribution in [0.3, 0.4) is 0 Å². The van der Waals surface area contributed by atoms with Crippen LogP contribution in [0.4, 0.5) is 0 Å². The van der Waals surface area contributed by atoms with Crippen LogP contribution in [-0.2, 0) is 9.47 Å². The zero-order chi connectivity index (χ0) is 13.8. The standard InChI is InChI=1S/C15H31NO2/c1-14(2,3)16-11-12-8-7-9-18-13(12)10-15(4,5)17-6/h12-13,16H,7-11H2,1-6H3. The van der Waals surface area contributed by atoms with Gasteiger partial charge in [0, 0.05) is 32.2 Å². The molecule has 3 heteroatoms. The smallest absolute Gasteiger partial charge is 0.0647 e. The molecule has 18 heavy (non-hydrogen) atoms. The van der Waals surface area contributed by atoms with E-state index in [1.165, 1.54) is 12.8 Å². The first-order chi connectivity index (χ1) is 8.23. The third kappa shape index (κ3) is 5.68. The fraction of sp³-hybridized carbons (Fsp3) is 1.00. The molecule has 108 valence electrons. The van der Waals surface area contributed by atoms with Gasteiger partial charge in [0.25, 0.3) is 0 Å². The molecule has 0 aliphatic carbocycles. The van der Waals surface area contributed by atoms with Crippen LogP contribution in [0.2, 0.25) is 0 Å². The second-order valence-corrected chi connectivity index (χ2v) is 7.11. The number of methoxy groups -OCH3 is 1. The summed E-state index contributed by atoms with van der Waals surface area (Å²) in [6, 6.07) is 0. The van der Waals surface area contributed by atoms with Gasteiger partial charge in [-0.25, -0.2) is 0 Å². The molecular weight excluding hydrogens is 226 g/mol. The SMILES string of the molecule is COC(C)(C)CC1OCCCC1CNC(C)(C)C. The van der Waals surface area contributed by atoms with Crippen LogP contribution in [0.25, 0.3) is 0 Å². The van der Waals surface area contributed by atoms with E-state index in [0.717, 1.165) is 19.6 Å². The van der Waals surface area contributed by atoms with Gasteiger partial charge in [0.15, 0.2) is 0 Å². The topological polar surface area (TPSA) is 30.5 Å². The van der Waals surface area contributed by atoms with Crippen molar-refractivity contribution in [2.24, 2.45) is 5.92 Å². The van der Waals surface area contributed by atoms with Crippen LogP contribution in [0.5, 0.6) is 0 Å². The molecule has 0 radical (unpaired) electrons. The molecule has 1 rings (SSSR count). The van der Waals surface area contributed by atoms with Crippen molar-refractivity contribution in [1.82, 2.24) is 5.32 Å². The van der Waals surface area contributed by atoms with Gasteiger partial charge in [-0.15, -0.1) is 0 Å². The Balaban J connectivity index is 2.52. The summed E-state index contributed by atoms with van der Waals surface area (Å²) in [6.45, 7) is 12.9. The molecule has 1 N–H and O–H groups in total. The molecule has 1 heterocycles. The number of nitrogens with one attached hydrogen (secondary N) is 1. The van der Waals surface area contributed by atoms with Gasteiger partial charge in [-0.3, -0.25) is 0 Å². The van der Waals surface area contributed by atoms with Crippen LogP contribution in [0, 0.1) is 5.92 Å². The lowest BCUT2D eigenvalue weighted by molar-refractivity contribution is -0.0840. The average molecular weight is 257 g/mol. The van der Waals surface area contributed by atoms with Crippen molar-refractivity contribution < 1.29 is 9.47 Å². The molecule has 0 spiro atoms. The summed E-state index contributed by atoms with van der Waals surface area (Å²) in [5.74, 6) is 0.604. The Hall–Kier alpha value is -0.120. The molecule has 1 fully saturated rings. The highest BCUT2D eigenvalue weighted by Gasteiger charge is 2.32. The lowest BCUT2D eigenvalue weighted by Gasteiger charge is -2.38. The van der Waals surface area contributed by atoms with E-state index in [-0.39, 0.29) is 11.1 Å². The predicted octanol–water partition coefficient (Wildman–Crippen LogP) is 2.98. The minimum absolute atomic E-state index is 0.0952. The van der Waals surface area contributed by atoms with E-state index in [4.69, 9.17) is 9.47 Å². The Morgan fingerprint density at radius 2 is 1.89 bits per heavy atom. The second-order valence-electron chi connectivity index (χ2n) is 7.11. The minimum atomic E-state index is -0.0952. The third-order valence-electron chi connectivity index (χ3n) is 3.72. The van der Waals surface area contributed by atoms with Crippen molar-refractivity contribution in [1.29, 1.82) is 0 Å². The van der Waals surface area contributed by atoms with Crippen molar-refractivity contribution in [3.8, 4) is 0 Å². The highest BCUT2D eigenvalue weighted by atomic mass is 16.5. The Morgan fingerprint density at radius 3 is 2.44 bits per heavy atom. The van der Waals surface area contributed by atoms with Gasteiger partial charge in [-0.1, -0.05) is 0 Å². The monoisotopic (exact) mass is 257 g/mol. The first-order valence-electron chi connectivity index (χ1n) is 7.15.